The minimum atomic E-state index is 0.328. The molecule has 1 fully saturated rings. The van der Waals surface area contributed by atoms with Crippen LogP contribution in [0, 0.1) is 0 Å². The summed E-state index contributed by atoms with van der Waals surface area (Å²) in [6, 6.07) is 3.93. The predicted octanol–water partition coefficient (Wildman–Crippen LogP) is 2.82. The van der Waals surface area contributed by atoms with Crippen LogP contribution in [0.3, 0.4) is 0 Å². The van der Waals surface area contributed by atoms with Crippen molar-refractivity contribution in [1.82, 2.24) is 15.6 Å². The lowest BCUT2D eigenvalue weighted by Crippen LogP contribution is -2.43. The molecule has 0 bridgehead atoms. The highest BCUT2D eigenvalue weighted by molar-refractivity contribution is 8.00. The van der Waals surface area contributed by atoms with Gasteiger partial charge >= 0.3 is 0 Å². The Labute approximate surface area is 143 Å². The first kappa shape index (κ1) is 17.9. The normalized spacial score (nSPS) is 21.3. The number of guanidine groups is 1. The molecule has 2 rings (SSSR count). The number of nitrogens with zero attached hydrogens (tertiary/aromatic N) is 2. The molecule has 0 aromatic carbocycles. The average molecular weight is 337 g/mol. The smallest absolute Gasteiger partial charge is 0.213 e. The lowest BCUT2D eigenvalue weighted by Gasteiger charge is -2.24. The third-order valence-corrected chi connectivity index (χ3v) is 5.32. The number of hydrogen-bond acceptors (Lipinski definition) is 4. The first-order valence-electron chi connectivity index (χ1n) is 8.39. The standard InChI is InChI=1S/C17H28N4OS/c1-4-18-16(21-13-17(3)8-6-10-23-17)20-12-14-7-9-19-15(11-14)22-5-2/h7,9,11H,4-6,8,10,12-13H2,1-3H3,(H2,18,20,21). The van der Waals surface area contributed by atoms with Crippen LogP contribution in [0.15, 0.2) is 23.3 Å². The van der Waals surface area contributed by atoms with E-state index in [9.17, 15) is 0 Å². The fourth-order valence-corrected chi connectivity index (χ4v) is 3.78. The van der Waals surface area contributed by atoms with Crippen molar-refractivity contribution in [1.29, 1.82) is 0 Å². The molecule has 1 unspecified atom stereocenters. The molecular weight excluding hydrogens is 308 g/mol. The SMILES string of the molecule is CCNC(=NCc1ccnc(OCC)c1)NCC1(C)CCCS1. The van der Waals surface area contributed by atoms with Gasteiger partial charge in [0.2, 0.25) is 5.88 Å². The van der Waals surface area contributed by atoms with E-state index in [1.807, 2.05) is 19.1 Å². The Morgan fingerprint density at radius 1 is 1.43 bits per heavy atom. The van der Waals surface area contributed by atoms with Crippen molar-refractivity contribution in [3.63, 3.8) is 0 Å². The average Bonchev–Trinajstić information content (AvgIpc) is 2.98. The van der Waals surface area contributed by atoms with Gasteiger partial charge in [-0.2, -0.15) is 11.8 Å². The number of thioether (sulfide) groups is 1. The maximum absolute atomic E-state index is 5.44. The zero-order valence-electron chi connectivity index (χ0n) is 14.4. The van der Waals surface area contributed by atoms with E-state index in [2.05, 4.69) is 46.2 Å². The number of aliphatic imine (C=N–C) groups is 1. The molecule has 2 N–H and O–H groups in total. The number of nitrogens with one attached hydrogen (secondary N) is 2. The third-order valence-electron chi connectivity index (χ3n) is 3.79. The lowest BCUT2D eigenvalue weighted by molar-refractivity contribution is 0.326. The van der Waals surface area contributed by atoms with Crippen LogP contribution in [0.1, 0.15) is 39.2 Å². The van der Waals surface area contributed by atoms with Gasteiger partial charge in [0.05, 0.1) is 13.2 Å². The summed E-state index contributed by atoms with van der Waals surface area (Å²) in [5.74, 6) is 2.80. The zero-order chi connectivity index (χ0) is 16.5. The minimum absolute atomic E-state index is 0.328. The van der Waals surface area contributed by atoms with Gasteiger partial charge in [0.15, 0.2) is 5.96 Å². The molecule has 128 valence electrons. The largest absolute Gasteiger partial charge is 0.478 e. The Balaban J connectivity index is 1.93. The van der Waals surface area contributed by atoms with E-state index in [4.69, 9.17) is 4.74 Å². The highest BCUT2D eigenvalue weighted by Crippen LogP contribution is 2.36. The van der Waals surface area contributed by atoms with E-state index < -0.39 is 0 Å². The van der Waals surface area contributed by atoms with Crippen molar-refractivity contribution in [2.24, 2.45) is 4.99 Å². The fourth-order valence-electron chi connectivity index (χ4n) is 2.53. The summed E-state index contributed by atoms with van der Waals surface area (Å²) in [5.41, 5.74) is 1.10. The summed E-state index contributed by atoms with van der Waals surface area (Å²) in [6.07, 6.45) is 4.35. The summed E-state index contributed by atoms with van der Waals surface area (Å²) in [4.78, 5) is 8.86. The van der Waals surface area contributed by atoms with Crippen LogP contribution in [0.2, 0.25) is 0 Å². The van der Waals surface area contributed by atoms with Crippen molar-refractivity contribution < 1.29 is 4.74 Å². The third kappa shape index (κ3) is 5.94. The maximum Gasteiger partial charge on any atom is 0.213 e. The zero-order valence-corrected chi connectivity index (χ0v) is 15.2. The quantitative estimate of drug-likeness (QED) is 0.592. The summed E-state index contributed by atoms with van der Waals surface area (Å²) in [7, 11) is 0. The number of ether oxygens (including phenoxy) is 1. The van der Waals surface area contributed by atoms with Crippen molar-refractivity contribution in [2.75, 3.05) is 25.4 Å². The van der Waals surface area contributed by atoms with Gasteiger partial charge in [-0.05, 0) is 51.0 Å². The van der Waals surface area contributed by atoms with Crippen LogP contribution in [-0.2, 0) is 6.54 Å². The van der Waals surface area contributed by atoms with Crippen molar-refractivity contribution in [3.8, 4) is 5.88 Å². The van der Waals surface area contributed by atoms with Crippen LogP contribution >= 0.6 is 11.8 Å². The molecule has 0 saturated carbocycles. The van der Waals surface area contributed by atoms with Gasteiger partial charge in [-0.3, -0.25) is 0 Å². The van der Waals surface area contributed by atoms with E-state index in [0.29, 0.717) is 23.8 Å². The van der Waals surface area contributed by atoms with Gasteiger partial charge in [0, 0.05) is 30.1 Å². The summed E-state index contributed by atoms with van der Waals surface area (Å²) in [5, 5.41) is 6.80. The molecule has 2 heterocycles. The van der Waals surface area contributed by atoms with E-state index in [1.54, 1.807) is 6.20 Å². The second kappa shape index (κ2) is 9.01. The molecule has 1 saturated heterocycles. The molecule has 1 atom stereocenters. The highest BCUT2D eigenvalue weighted by Gasteiger charge is 2.29. The topological polar surface area (TPSA) is 58.5 Å². The molecule has 0 spiro atoms. The maximum atomic E-state index is 5.44. The Morgan fingerprint density at radius 3 is 3.00 bits per heavy atom. The van der Waals surface area contributed by atoms with Crippen molar-refractivity contribution in [3.05, 3.63) is 23.9 Å². The summed E-state index contributed by atoms with van der Waals surface area (Å²) in [6.45, 7) is 9.42. The fraction of sp³-hybridized carbons (Fsp3) is 0.647. The molecule has 1 aliphatic rings. The van der Waals surface area contributed by atoms with E-state index in [0.717, 1.165) is 24.6 Å². The van der Waals surface area contributed by atoms with Gasteiger partial charge in [-0.1, -0.05) is 0 Å². The lowest BCUT2D eigenvalue weighted by atomic mass is 10.1. The molecule has 1 aromatic rings. The van der Waals surface area contributed by atoms with Crippen molar-refractivity contribution in [2.45, 2.75) is 44.9 Å². The predicted molar refractivity (Wildman–Crippen MR) is 98.3 cm³/mol. The minimum Gasteiger partial charge on any atom is -0.478 e. The number of aromatic nitrogens is 1. The van der Waals surface area contributed by atoms with Crippen LogP contribution < -0.4 is 15.4 Å². The van der Waals surface area contributed by atoms with Gasteiger partial charge in [-0.25, -0.2) is 9.98 Å². The Bertz CT molecular complexity index is 515. The molecule has 23 heavy (non-hydrogen) atoms. The molecular formula is C17H28N4OS. The van der Waals surface area contributed by atoms with E-state index in [-0.39, 0.29) is 0 Å². The monoisotopic (exact) mass is 336 g/mol. The number of rotatable bonds is 7. The van der Waals surface area contributed by atoms with E-state index >= 15 is 0 Å². The molecule has 1 aliphatic heterocycles. The van der Waals surface area contributed by atoms with Gasteiger partial charge in [0.1, 0.15) is 0 Å². The second-order valence-electron chi connectivity index (χ2n) is 5.89. The first-order valence-corrected chi connectivity index (χ1v) is 9.37. The van der Waals surface area contributed by atoms with Gasteiger partial charge in [0.25, 0.3) is 0 Å². The van der Waals surface area contributed by atoms with Crippen LogP contribution in [0.5, 0.6) is 5.88 Å². The number of hydrogen-bond donors (Lipinski definition) is 2. The molecule has 5 nitrogen and oxygen atoms in total. The van der Waals surface area contributed by atoms with E-state index in [1.165, 1.54) is 18.6 Å². The molecule has 1 aromatic heterocycles. The first-order chi connectivity index (χ1) is 11.1. The summed E-state index contributed by atoms with van der Waals surface area (Å²) < 4.78 is 5.76. The molecule has 0 radical (unpaired) electrons. The van der Waals surface area contributed by atoms with Crippen molar-refractivity contribution >= 4 is 17.7 Å². The van der Waals surface area contributed by atoms with Gasteiger partial charge < -0.3 is 15.4 Å². The van der Waals surface area contributed by atoms with Crippen LogP contribution in [-0.4, -0.2) is 41.1 Å². The Kier molecular flexibility index (Phi) is 7.02. The molecule has 0 amide bonds. The molecule has 0 aliphatic carbocycles. The van der Waals surface area contributed by atoms with Crippen LogP contribution in [0.4, 0.5) is 0 Å². The number of pyridine rings is 1. The molecule has 6 heteroatoms. The second-order valence-corrected chi connectivity index (χ2v) is 7.57. The Morgan fingerprint density at radius 2 is 2.30 bits per heavy atom. The Hall–Kier alpha value is -1.43. The highest BCUT2D eigenvalue weighted by atomic mass is 32.2. The summed E-state index contributed by atoms with van der Waals surface area (Å²) >= 11 is 2.06. The van der Waals surface area contributed by atoms with Crippen LogP contribution in [0.25, 0.3) is 0 Å². The van der Waals surface area contributed by atoms with Gasteiger partial charge in [-0.15, -0.1) is 0 Å².